The molecule has 2 aromatic heterocycles. The van der Waals surface area contributed by atoms with Gasteiger partial charge in [-0.1, -0.05) is 37.6 Å². The van der Waals surface area contributed by atoms with E-state index in [1.54, 1.807) is 18.4 Å². The Labute approximate surface area is 157 Å². The van der Waals surface area contributed by atoms with E-state index in [0.717, 1.165) is 22.5 Å². The Kier molecular flexibility index (Phi) is 5.11. The summed E-state index contributed by atoms with van der Waals surface area (Å²) in [6.07, 6.45) is 3.44. The number of halogens is 1. The third-order valence-electron chi connectivity index (χ3n) is 3.91. The molecule has 0 saturated heterocycles. The molecule has 0 radical (unpaired) electrons. The summed E-state index contributed by atoms with van der Waals surface area (Å²) in [6.45, 7) is 5.99. The lowest BCUT2D eigenvalue weighted by atomic mass is 10.1. The Morgan fingerprint density at radius 1 is 1.12 bits per heavy atom. The van der Waals surface area contributed by atoms with Crippen molar-refractivity contribution in [1.82, 2.24) is 9.38 Å². The number of nitrogens with zero attached hydrogens (tertiary/aromatic N) is 3. The molecule has 2 heterocycles. The minimum atomic E-state index is 0.612. The first kappa shape index (κ1) is 17.8. The van der Waals surface area contributed by atoms with Crippen LogP contribution in [0.2, 0.25) is 5.02 Å². The van der Waals surface area contributed by atoms with E-state index in [-0.39, 0.29) is 0 Å². The predicted octanol–water partition coefficient (Wildman–Crippen LogP) is 6.12. The molecule has 2 aromatic carbocycles. The molecule has 4 aromatic rings. The maximum absolute atomic E-state index is 8.94. The summed E-state index contributed by atoms with van der Waals surface area (Å²) in [4.78, 5) is 4.74. The van der Waals surface area contributed by atoms with Crippen LogP contribution in [0.25, 0.3) is 28.4 Å². The topological polar surface area (TPSA) is 54.2 Å². The summed E-state index contributed by atoms with van der Waals surface area (Å²) in [6, 6.07) is 15.3. The van der Waals surface area contributed by atoms with Gasteiger partial charge in [-0.2, -0.15) is 5.26 Å². The number of oxazole rings is 1. The molecule has 0 spiro atoms. The van der Waals surface area contributed by atoms with Gasteiger partial charge in [0.2, 0.25) is 5.71 Å². The molecule has 0 amide bonds. The van der Waals surface area contributed by atoms with Crippen molar-refractivity contribution in [2.24, 2.45) is 0 Å². The van der Waals surface area contributed by atoms with E-state index in [4.69, 9.17) is 26.3 Å². The smallest absolute Gasteiger partial charge is 0.231 e. The molecule has 0 atom stereocenters. The van der Waals surface area contributed by atoms with Gasteiger partial charge < -0.3 is 4.42 Å². The van der Waals surface area contributed by atoms with Gasteiger partial charge in [-0.05, 0) is 42.8 Å². The lowest BCUT2D eigenvalue weighted by Crippen LogP contribution is -1.86. The van der Waals surface area contributed by atoms with Gasteiger partial charge in [0.1, 0.15) is 17.8 Å². The summed E-state index contributed by atoms with van der Waals surface area (Å²) in [5.41, 5.74) is 4.77. The quantitative estimate of drug-likeness (QED) is 0.431. The fraction of sp³-hybridized carbons (Fsp3) is 0.143. The van der Waals surface area contributed by atoms with Crippen molar-refractivity contribution in [3.63, 3.8) is 0 Å². The molecule has 0 aliphatic rings. The average molecular weight is 364 g/mol. The van der Waals surface area contributed by atoms with E-state index in [1.165, 1.54) is 0 Å². The number of hydrogen-bond donors (Lipinski definition) is 0. The first-order valence-electron chi connectivity index (χ1n) is 8.40. The summed E-state index contributed by atoms with van der Waals surface area (Å²) in [5, 5.41) is 9.58. The van der Waals surface area contributed by atoms with E-state index >= 15 is 0 Å². The maximum atomic E-state index is 8.94. The Morgan fingerprint density at radius 3 is 2.50 bits per heavy atom. The number of aryl methyl sites for hydroxylation is 1. The second-order valence-electron chi connectivity index (χ2n) is 5.53. The van der Waals surface area contributed by atoms with Crippen LogP contribution < -0.4 is 0 Å². The number of fused-ring (bicyclic) bond motifs is 1. The van der Waals surface area contributed by atoms with Crippen LogP contribution in [0, 0.1) is 18.3 Å². The van der Waals surface area contributed by atoms with Crippen molar-refractivity contribution >= 4 is 17.3 Å². The minimum Gasteiger partial charge on any atom is -0.444 e. The van der Waals surface area contributed by atoms with E-state index in [1.807, 2.05) is 61.7 Å². The fourth-order valence-electron chi connectivity index (χ4n) is 2.71. The van der Waals surface area contributed by atoms with Crippen molar-refractivity contribution in [2.45, 2.75) is 20.8 Å². The van der Waals surface area contributed by atoms with Crippen molar-refractivity contribution < 1.29 is 4.42 Å². The van der Waals surface area contributed by atoms with Gasteiger partial charge in [0.25, 0.3) is 0 Å². The average Bonchev–Trinajstić information content (AvgIpc) is 3.27. The van der Waals surface area contributed by atoms with Crippen LogP contribution in [0.3, 0.4) is 0 Å². The highest BCUT2D eigenvalue weighted by Crippen LogP contribution is 2.34. The zero-order valence-electron chi connectivity index (χ0n) is 14.8. The third kappa shape index (κ3) is 3.10. The Balaban J connectivity index is 0.000000948. The van der Waals surface area contributed by atoms with Gasteiger partial charge in [0.15, 0.2) is 0 Å². The molecule has 0 aliphatic heterocycles. The van der Waals surface area contributed by atoms with Crippen molar-refractivity contribution in [2.75, 3.05) is 0 Å². The lowest BCUT2D eigenvalue weighted by molar-refractivity contribution is 0.609. The van der Waals surface area contributed by atoms with Crippen LogP contribution in [-0.4, -0.2) is 9.38 Å². The third-order valence-corrected chi connectivity index (χ3v) is 4.22. The van der Waals surface area contributed by atoms with Crippen LogP contribution >= 0.6 is 11.6 Å². The number of benzene rings is 2. The largest absolute Gasteiger partial charge is 0.444 e. The standard InChI is InChI=1S/C19H12ClN3O.C2H6/c1-12-2-7-15(16(20)10-12)17-19-23(8-9-24-19)18(22-17)14-5-3-13(11-21)4-6-14;1-2/h2-10H,1H3;1-2H3. The van der Waals surface area contributed by atoms with Gasteiger partial charge in [-0.15, -0.1) is 0 Å². The van der Waals surface area contributed by atoms with E-state index in [2.05, 4.69) is 6.07 Å². The summed E-state index contributed by atoms with van der Waals surface area (Å²) < 4.78 is 7.51. The van der Waals surface area contributed by atoms with Gasteiger partial charge in [-0.3, -0.25) is 4.40 Å². The Hall–Kier alpha value is -3.03. The van der Waals surface area contributed by atoms with Crippen molar-refractivity contribution in [3.05, 3.63) is 71.1 Å². The zero-order chi connectivity index (χ0) is 18.7. The van der Waals surface area contributed by atoms with Gasteiger partial charge in [-0.25, -0.2) is 4.98 Å². The van der Waals surface area contributed by atoms with Crippen LogP contribution in [0.1, 0.15) is 25.0 Å². The molecule has 0 saturated carbocycles. The molecular weight excluding hydrogens is 346 g/mol. The first-order chi connectivity index (χ1) is 12.7. The predicted molar refractivity (Wildman–Crippen MR) is 104 cm³/mol. The van der Waals surface area contributed by atoms with Gasteiger partial charge in [0, 0.05) is 17.3 Å². The molecule has 0 N–H and O–H groups in total. The first-order valence-corrected chi connectivity index (χ1v) is 8.78. The summed E-state index contributed by atoms with van der Waals surface area (Å²) in [7, 11) is 0. The maximum Gasteiger partial charge on any atom is 0.231 e. The highest BCUT2D eigenvalue weighted by molar-refractivity contribution is 6.33. The van der Waals surface area contributed by atoms with Crippen molar-refractivity contribution in [3.8, 4) is 28.7 Å². The molecular formula is C21H18ClN3O. The fourth-order valence-corrected chi connectivity index (χ4v) is 3.03. The molecule has 26 heavy (non-hydrogen) atoms. The monoisotopic (exact) mass is 363 g/mol. The number of nitriles is 1. The zero-order valence-corrected chi connectivity index (χ0v) is 15.6. The van der Waals surface area contributed by atoms with E-state index in [9.17, 15) is 0 Å². The molecule has 0 fully saturated rings. The Bertz CT molecular complexity index is 1080. The minimum absolute atomic E-state index is 0.612. The normalized spacial score (nSPS) is 10.3. The van der Waals surface area contributed by atoms with Gasteiger partial charge >= 0.3 is 0 Å². The molecule has 130 valence electrons. The van der Waals surface area contributed by atoms with E-state index < -0.39 is 0 Å². The summed E-state index contributed by atoms with van der Waals surface area (Å²) >= 11 is 6.40. The van der Waals surface area contributed by atoms with Crippen LogP contribution in [0.5, 0.6) is 0 Å². The molecule has 4 nitrogen and oxygen atoms in total. The number of imidazole rings is 1. The molecule has 4 rings (SSSR count). The lowest BCUT2D eigenvalue weighted by Gasteiger charge is -2.01. The highest BCUT2D eigenvalue weighted by atomic mass is 35.5. The second kappa shape index (κ2) is 7.47. The SMILES string of the molecule is CC.Cc1ccc(-c2nc(-c3ccc(C#N)cc3)n3ccoc23)c(Cl)c1. The molecule has 5 heteroatoms. The van der Waals surface area contributed by atoms with Crippen LogP contribution in [0.4, 0.5) is 0 Å². The van der Waals surface area contributed by atoms with Crippen LogP contribution in [-0.2, 0) is 0 Å². The Morgan fingerprint density at radius 2 is 1.85 bits per heavy atom. The van der Waals surface area contributed by atoms with Gasteiger partial charge in [0.05, 0.1) is 16.7 Å². The second-order valence-corrected chi connectivity index (χ2v) is 5.94. The van der Waals surface area contributed by atoms with Crippen molar-refractivity contribution in [1.29, 1.82) is 5.26 Å². The van der Waals surface area contributed by atoms with Crippen LogP contribution in [0.15, 0.2) is 59.3 Å². The van der Waals surface area contributed by atoms with E-state index in [0.29, 0.717) is 22.0 Å². The molecule has 0 bridgehead atoms. The summed E-state index contributed by atoms with van der Waals surface area (Å²) in [5.74, 6) is 0.745. The number of rotatable bonds is 2. The number of hydrogen-bond acceptors (Lipinski definition) is 3. The number of aromatic nitrogens is 2. The molecule has 0 unspecified atom stereocenters. The highest BCUT2D eigenvalue weighted by Gasteiger charge is 2.18. The molecule has 0 aliphatic carbocycles.